The van der Waals surface area contributed by atoms with Gasteiger partial charge in [0.1, 0.15) is 9.96 Å². The topological polar surface area (TPSA) is 89.8 Å². The molecule has 2 rings (SSSR count). The van der Waals surface area contributed by atoms with Gasteiger partial charge < -0.3 is 9.64 Å². The molecule has 0 fully saturated rings. The van der Waals surface area contributed by atoms with Gasteiger partial charge in [-0.05, 0) is 6.07 Å². The van der Waals surface area contributed by atoms with Gasteiger partial charge in [0.05, 0.1) is 12.0 Å². The van der Waals surface area contributed by atoms with Gasteiger partial charge in [-0.1, -0.05) is 29.5 Å². The van der Waals surface area contributed by atoms with Crippen molar-refractivity contribution < 1.29 is 18.1 Å². The van der Waals surface area contributed by atoms with E-state index in [4.69, 9.17) is 4.74 Å². The summed E-state index contributed by atoms with van der Waals surface area (Å²) in [4.78, 5) is 12.3. The van der Waals surface area contributed by atoms with E-state index in [1.165, 1.54) is 0 Å². The minimum Gasteiger partial charge on any atom is -0.496 e. The van der Waals surface area contributed by atoms with Crippen LogP contribution < -0.4 is 9.64 Å². The quantitative estimate of drug-likeness (QED) is 0.584. The lowest BCUT2D eigenvalue weighted by molar-refractivity contribution is -0.383. The van der Waals surface area contributed by atoms with E-state index < -0.39 is 14.8 Å². The predicted octanol–water partition coefficient (Wildman–Crippen LogP) is 2.70. The number of hydrogen-bond donors (Lipinski definition) is 0. The summed E-state index contributed by atoms with van der Waals surface area (Å²) in [5.74, 6) is 0.668. The zero-order chi connectivity index (χ0) is 17.2. The van der Waals surface area contributed by atoms with Crippen molar-refractivity contribution in [2.45, 2.75) is 10.8 Å². The number of methoxy groups -OCH3 is 1. The zero-order valence-corrected chi connectivity index (χ0v) is 14.5. The zero-order valence-electron chi connectivity index (χ0n) is 12.8. The standard InChI is InChI=1S/C14H16N2O5S2/c1-15(9-10-6-4-5-7-12(10)21-2)14-11(16(17)18)8-13(22-14)23(3,19)20/h4-8H,9H2,1-3H3. The van der Waals surface area contributed by atoms with Gasteiger partial charge in [0.25, 0.3) is 0 Å². The third-order valence-corrected chi connectivity index (χ3v) is 6.22. The lowest BCUT2D eigenvalue weighted by Gasteiger charge is -2.18. The smallest absolute Gasteiger partial charge is 0.305 e. The highest BCUT2D eigenvalue weighted by Crippen LogP contribution is 2.40. The van der Waals surface area contributed by atoms with E-state index in [1.54, 1.807) is 25.1 Å². The molecule has 23 heavy (non-hydrogen) atoms. The fourth-order valence-corrected chi connectivity index (χ4v) is 4.09. The molecule has 0 aliphatic heterocycles. The Bertz CT molecular complexity index is 829. The molecule has 0 aliphatic rings. The summed E-state index contributed by atoms with van der Waals surface area (Å²) >= 11 is 0.891. The molecule has 7 nitrogen and oxygen atoms in total. The maximum atomic E-state index is 11.7. The Morgan fingerprint density at radius 1 is 1.35 bits per heavy atom. The molecule has 0 aliphatic carbocycles. The SMILES string of the molecule is COc1ccccc1CN(C)c1sc(S(C)(=O)=O)cc1[N+](=O)[O-]. The van der Waals surface area contributed by atoms with Gasteiger partial charge in [0.2, 0.25) is 0 Å². The Morgan fingerprint density at radius 2 is 2.00 bits per heavy atom. The summed E-state index contributed by atoms with van der Waals surface area (Å²) in [5, 5.41) is 11.5. The molecule has 0 unspecified atom stereocenters. The van der Waals surface area contributed by atoms with Crippen molar-refractivity contribution in [3.8, 4) is 5.75 Å². The molecule has 1 aromatic heterocycles. The highest BCUT2D eigenvalue weighted by molar-refractivity contribution is 7.92. The van der Waals surface area contributed by atoms with Crippen LogP contribution in [0.5, 0.6) is 5.75 Å². The third-order valence-electron chi connectivity index (χ3n) is 3.18. The maximum Gasteiger partial charge on any atom is 0.305 e. The summed E-state index contributed by atoms with van der Waals surface area (Å²) in [6.07, 6.45) is 1.03. The van der Waals surface area contributed by atoms with Crippen molar-refractivity contribution in [3.05, 3.63) is 46.0 Å². The summed E-state index contributed by atoms with van der Waals surface area (Å²) in [7, 11) is -0.267. The van der Waals surface area contributed by atoms with Crippen LogP contribution in [0.4, 0.5) is 10.7 Å². The number of para-hydroxylation sites is 1. The first kappa shape index (κ1) is 17.2. The number of nitrogens with zero attached hydrogens (tertiary/aromatic N) is 2. The first-order valence-corrected chi connectivity index (χ1v) is 9.26. The van der Waals surface area contributed by atoms with Crippen LogP contribution in [-0.2, 0) is 16.4 Å². The molecule has 0 atom stereocenters. The van der Waals surface area contributed by atoms with Gasteiger partial charge in [-0.15, -0.1) is 0 Å². The van der Waals surface area contributed by atoms with Crippen LogP contribution in [0.2, 0.25) is 0 Å². The monoisotopic (exact) mass is 356 g/mol. The molecule has 0 amide bonds. The molecule has 0 N–H and O–H groups in total. The summed E-state index contributed by atoms with van der Waals surface area (Å²) < 4.78 is 28.5. The second-order valence-electron chi connectivity index (χ2n) is 4.95. The predicted molar refractivity (Wildman–Crippen MR) is 89.2 cm³/mol. The van der Waals surface area contributed by atoms with Gasteiger partial charge in [-0.3, -0.25) is 10.1 Å². The van der Waals surface area contributed by atoms with E-state index in [-0.39, 0.29) is 9.90 Å². The molecule has 0 spiro atoms. The van der Waals surface area contributed by atoms with E-state index >= 15 is 0 Å². The van der Waals surface area contributed by atoms with Crippen molar-refractivity contribution in [3.63, 3.8) is 0 Å². The fraction of sp³-hybridized carbons (Fsp3) is 0.286. The Labute approximate surface area is 138 Å². The average Bonchev–Trinajstić information content (AvgIpc) is 2.93. The van der Waals surface area contributed by atoms with Gasteiger partial charge in [-0.25, -0.2) is 8.42 Å². The molecule has 0 radical (unpaired) electrons. The number of rotatable bonds is 6. The summed E-state index contributed by atoms with van der Waals surface area (Å²) in [6, 6.07) is 8.43. The van der Waals surface area contributed by atoms with E-state index in [1.807, 2.05) is 18.2 Å². The lowest BCUT2D eigenvalue weighted by atomic mass is 10.2. The Kier molecular flexibility index (Phi) is 4.90. The van der Waals surface area contributed by atoms with Crippen molar-refractivity contribution in [2.24, 2.45) is 0 Å². The highest BCUT2D eigenvalue weighted by Gasteiger charge is 2.26. The number of sulfone groups is 1. The molecule has 0 saturated heterocycles. The van der Waals surface area contributed by atoms with Crippen molar-refractivity contribution in [2.75, 3.05) is 25.3 Å². The molecule has 124 valence electrons. The first-order chi connectivity index (χ1) is 10.7. The van der Waals surface area contributed by atoms with E-state index in [9.17, 15) is 18.5 Å². The molecule has 1 aromatic carbocycles. The number of nitro groups is 1. The Hall–Kier alpha value is -2.13. The summed E-state index contributed by atoms with van der Waals surface area (Å²) in [5.41, 5.74) is 0.633. The normalized spacial score (nSPS) is 11.3. The van der Waals surface area contributed by atoms with Crippen LogP contribution in [0, 0.1) is 10.1 Å². The molecular weight excluding hydrogens is 340 g/mol. The van der Waals surface area contributed by atoms with Crippen LogP contribution >= 0.6 is 11.3 Å². The second kappa shape index (κ2) is 6.55. The lowest BCUT2D eigenvalue weighted by Crippen LogP contribution is -2.16. The number of hydrogen-bond acceptors (Lipinski definition) is 7. The minimum absolute atomic E-state index is 0.0222. The van der Waals surface area contributed by atoms with Crippen molar-refractivity contribution in [1.82, 2.24) is 0 Å². The van der Waals surface area contributed by atoms with Crippen LogP contribution in [-0.4, -0.2) is 33.8 Å². The number of benzene rings is 1. The fourth-order valence-electron chi connectivity index (χ4n) is 2.10. The van der Waals surface area contributed by atoms with E-state index in [0.29, 0.717) is 17.3 Å². The van der Waals surface area contributed by atoms with Gasteiger partial charge in [0, 0.05) is 31.5 Å². The van der Waals surface area contributed by atoms with Crippen LogP contribution in [0.1, 0.15) is 5.56 Å². The molecule has 9 heteroatoms. The number of anilines is 1. The van der Waals surface area contributed by atoms with Crippen molar-refractivity contribution in [1.29, 1.82) is 0 Å². The number of ether oxygens (including phenoxy) is 1. The van der Waals surface area contributed by atoms with Gasteiger partial charge in [0.15, 0.2) is 14.8 Å². The molecule has 1 heterocycles. The average molecular weight is 356 g/mol. The molecule has 0 bridgehead atoms. The first-order valence-electron chi connectivity index (χ1n) is 6.55. The number of thiophene rings is 1. The third kappa shape index (κ3) is 3.80. The molecule has 2 aromatic rings. The minimum atomic E-state index is -3.49. The van der Waals surface area contributed by atoms with E-state index in [2.05, 4.69) is 0 Å². The highest BCUT2D eigenvalue weighted by atomic mass is 32.2. The largest absolute Gasteiger partial charge is 0.496 e. The summed E-state index contributed by atoms with van der Waals surface area (Å²) in [6.45, 7) is 0.356. The van der Waals surface area contributed by atoms with Gasteiger partial charge >= 0.3 is 5.69 Å². The van der Waals surface area contributed by atoms with Crippen LogP contribution in [0.25, 0.3) is 0 Å². The molecule has 0 saturated carbocycles. The Balaban J connectivity index is 2.40. The molecular formula is C14H16N2O5S2. The van der Waals surface area contributed by atoms with Crippen LogP contribution in [0.15, 0.2) is 34.5 Å². The van der Waals surface area contributed by atoms with Crippen LogP contribution in [0.3, 0.4) is 0 Å². The maximum absolute atomic E-state index is 11.7. The Morgan fingerprint density at radius 3 is 2.57 bits per heavy atom. The van der Waals surface area contributed by atoms with Crippen molar-refractivity contribution >= 4 is 31.9 Å². The van der Waals surface area contributed by atoms with E-state index in [0.717, 1.165) is 29.2 Å². The van der Waals surface area contributed by atoms with Gasteiger partial charge in [-0.2, -0.15) is 0 Å². The second-order valence-corrected chi connectivity index (χ2v) is 8.23.